The van der Waals surface area contributed by atoms with Gasteiger partial charge in [0.05, 0.1) is 6.54 Å². The molecule has 0 aliphatic rings. The maximum absolute atomic E-state index is 11.5. The van der Waals surface area contributed by atoms with Crippen molar-refractivity contribution in [3.05, 3.63) is 36.5 Å². The van der Waals surface area contributed by atoms with Crippen molar-refractivity contribution in [2.75, 3.05) is 11.4 Å². The Balaban J connectivity index is 3.26. The van der Waals surface area contributed by atoms with Crippen LogP contribution in [0.5, 0.6) is 0 Å². The molecule has 6 heteroatoms. The van der Waals surface area contributed by atoms with Gasteiger partial charge in [0.25, 0.3) is 5.91 Å². The van der Waals surface area contributed by atoms with Crippen LogP contribution < -0.4 is 4.90 Å². The highest BCUT2D eigenvalue weighted by molar-refractivity contribution is 6.06. The van der Waals surface area contributed by atoms with E-state index in [1.807, 2.05) is 0 Å². The van der Waals surface area contributed by atoms with Crippen LogP contribution in [0.25, 0.3) is 0 Å². The minimum absolute atomic E-state index is 0.103. The van der Waals surface area contributed by atoms with Crippen LogP contribution in [0.3, 0.4) is 0 Å². The Hall–Kier alpha value is -2.50. The van der Waals surface area contributed by atoms with Crippen LogP contribution in [0.15, 0.2) is 31.0 Å². The smallest absolute Gasteiger partial charge is 0.339 e. The first-order valence-corrected chi connectivity index (χ1v) is 4.59. The van der Waals surface area contributed by atoms with Gasteiger partial charge in [-0.25, -0.2) is 9.78 Å². The Morgan fingerprint density at radius 1 is 1.59 bits per heavy atom. The van der Waals surface area contributed by atoms with E-state index >= 15 is 0 Å². The highest BCUT2D eigenvalue weighted by atomic mass is 16.4. The molecule has 0 saturated heterocycles. The lowest BCUT2D eigenvalue weighted by Gasteiger charge is -2.18. The van der Waals surface area contributed by atoms with Gasteiger partial charge >= 0.3 is 5.97 Å². The Morgan fingerprint density at radius 3 is 2.82 bits per heavy atom. The lowest BCUT2D eigenvalue weighted by molar-refractivity contribution is -0.114. The molecule has 87 valence electrons. The first-order chi connectivity index (χ1) is 8.11. The van der Waals surface area contributed by atoms with E-state index in [9.17, 15) is 14.4 Å². The van der Waals surface area contributed by atoms with Crippen molar-refractivity contribution in [1.29, 1.82) is 0 Å². The molecule has 1 amide bonds. The van der Waals surface area contributed by atoms with Crippen molar-refractivity contribution in [3.8, 4) is 0 Å². The van der Waals surface area contributed by atoms with Gasteiger partial charge in [-0.15, -0.1) is 0 Å². The van der Waals surface area contributed by atoms with Gasteiger partial charge in [-0.2, -0.15) is 0 Å². The topological polar surface area (TPSA) is 87.6 Å². The van der Waals surface area contributed by atoms with Crippen LogP contribution in [0.1, 0.15) is 10.4 Å². The molecule has 0 bridgehead atoms. The minimum atomic E-state index is -1.24. The Kier molecular flexibility index (Phi) is 4.10. The van der Waals surface area contributed by atoms with E-state index in [4.69, 9.17) is 5.11 Å². The van der Waals surface area contributed by atoms with E-state index in [1.165, 1.54) is 24.6 Å². The molecule has 1 heterocycles. The van der Waals surface area contributed by atoms with Gasteiger partial charge in [-0.05, 0) is 18.2 Å². The first-order valence-electron chi connectivity index (χ1n) is 4.59. The standard InChI is InChI=1S/C11H9N2O4/c1-2-9(15)13(6-7-14)10-8(11(16)17)4-3-5-12-10/h2-5H,1,6H2,(H,16,17). The molecule has 6 nitrogen and oxygen atoms in total. The number of amides is 1. The molecule has 0 aliphatic heterocycles. The van der Waals surface area contributed by atoms with Gasteiger partial charge in [0.15, 0.2) is 0 Å². The maximum atomic E-state index is 11.5. The minimum Gasteiger partial charge on any atom is -0.478 e. The molecular weight excluding hydrogens is 224 g/mol. The average Bonchev–Trinajstić information content (AvgIpc) is 2.35. The van der Waals surface area contributed by atoms with Crippen molar-refractivity contribution in [2.45, 2.75) is 0 Å². The van der Waals surface area contributed by atoms with E-state index < -0.39 is 18.4 Å². The third kappa shape index (κ3) is 2.75. The van der Waals surface area contributed by atoms with Gasteiger partial charge in [-0.1, -0.05) is 6.58 Å². The van der Waals surface area contributed by atoms with Crippen LogP contribution in [-0.4, -0.2) is 34.8 Å². The number of anilines is 1. The van der Waals surface area contributed by atoms with Crippen molar-refractivity contribution in [3.63, 3.8) is 0 Å². The average molecular weight is 233 g/mol. The van der Waals surface area contributed by atoms with Gasteiger partial charge in [0.1, 0.15) is 11.4 Å². The summed E-state index contributed by atoms with van der Waals surface area (Å²) in [6.07, 6.45) is 3.82. The van der Waals surface area contributed by atoms with Crippen molar-refractivity contribution >= 4 is 24.0 Å². The number of hydrogen-bond acceptors (Lipinski definition) is 4. The first kappa shape index (κ1) is 12.6. The predicted octanol–water partition coefficient (Wildman–Crippen LogP) is 0.408. The van der Waals surface area contributed by atoms with Crippen molar-refractivity contribution in [1.82, 2.24) is 4.98 Å². The number of hydrogen-bond donors (Lipinski definition) is 1. The summed E-state index contributed by atoms with van der Waals surface area (Å²) in [5, 5.41) is 8.93. The summed E-state index contributed by atoms with van der Waals surface area (Å²) in [6, 6.07) is 2.72. The largest absolute Gasteiger partial charge is 0.478 e. The van der Waals surface area contributed by atoms with Crippen LogP contribution in [-0.2, 0) is 9.59 Å². The molecule has 0 unspecified atom stereocenters. The fourth-order valence-electron chi connectivity index (χ4n) is 1.21. The van der Waals surface area contributed by atoms with E-state index in [-0.39, 0.29) is 11.4 Å². The van der Waals surface area contributed by atoms with Crippen LogP contribution in [0.2, 0.25) is 0 Å². The molecule has 0 aliphatic carbocycles. The van der Waals surface area contributed by atoms with E-state index in [2.05, 4.69) is 11.6 Å². The summed E-state index contributed by atoms with van der Waals surface area (Å²) in [4.78, 5) is 37.5. The number of aromatic nitrogens is 1. The summed E-state index contributed by atoms with van der Waals surface area (Å²) >= 11 is 0. The predicted molar refractivity (Wildman–Crippen MR) is 59.4 cm³/mol. The molecule has 1 aromatic heterocycles. The van der Waals surface area contributed by atoms with Gasteiger partial charge in [0.2, 0.25) is 6.29 Å². The second-order valence-corrected chi connectivity index (χ2v) is 2.95. The normalized spacial score (nSPS) is 9.41. The molecular formula is C11H9N2O4. The maximum Gasteiger partial charge on any atom is 0.339 e. The van der Waals surface area contributed by atoms with Crippen molar-refractivity contribution in [2.24, 2.45) is 0 Å². The molecule has 1 rings (SSSR count). The zero-order valence-corrected chi connectivity index (χ0v) is 8.79. The van der Waals surface area contributed by atoms with Gasteiger partial charge in [0, 0.05) is 6.20 Å². The third-order valence-electron chi connectivity index (χ3n) is 1.94. The number of nitrogens with zero attached hydrogens (tertiary/aromatic N) is 2. The summed E-state index contributed by atoms with van der Waals surface area (Å²) in [7, 11) is 0. The molecule has 0 saturated carbocycles. The molecule has 1 N–H and O–H groups in total. The number of rotatable bonds is 5. The lowest BCUT2D eigenvalue weighted by Crippen LogP contribution is -2.33. The SMILES string of the molecule is C=CC(=O)N(C[C]=O)c1ncccc1C(=O)O. The summed E-state index contributed by atoms with van der Waals surface area (Å²) < 4.78 is 0. The van der Waals surface area contributed by atoms with Crippen LogP contribution >= 0.6 is 0 Å². The summed E-state index contributed by atoms with van der Waals surface area (Å²) in [5.41, 5.74) is -0.169. The molecule has 0 spiro atoms. The number of pyridine rings is 1. The number of aromatic carboxylic acids is 1. The van der Waals surface area contributed by atoms with E-state index in [1.54, 1.807) is 0 Å². The lowest BCUT2D eigenvalue weighted by atomic mass is 10.2. The monoisotopic (exact) mass is 233 g/mol. The zero-order valence-electron chi connectivity index (χ0n) is 8.79. The van der Waals surface area contributed by atoms with Crippen LogP contribution in [0.4, 0.5) is 5.82 Å². The van der Waals surface area contributed by atoms with E-state index in [0.29, 0.717) is 0 Å². The highest BCUT2D eigenvalue weighted by Crippen LogP contribution is 2.17. The fraction of sp³-hybridized carbons (Fsp3) is 0.0909. The van der Waals surface area contributed by atoms with Crippen molar-refractivity contribution < 1.29 is 19.5 Å². The van der Waals surface area contributed by atoms with Gasteiger partial charge < -0.3 is 5.11 Å². The molecule has 0 fully saturated rings. The Morgan fingerprint density at radius 2 is 2.29 bits per heavy atom. The summed E-state index contributed by atoms with van der Waals surface area (Å²) in [6.45, 7) is 2.87. The number of carbonyl (C=O) groups excluding carboxylic acids is 2. The molecule has 0 aromatic carbocycles. The second kappa shape index (κ2) is 5.55. The quantitative estimate of drug-likeness (QED) is 0.744. The molecule has 1 aromatic rings. The summed E-state index contributed by atoms with van der Waals surface area (Å²) in [5.74, 6) is -1.95. The highest BCUT2D eigenvalue weighted by Gasteiger charge is 2.20. The fourth-order valence-corrected chi connectivity index (χ4v) is 1.21. The molecule has 17 heavy (non-hydrogen) atoms. The molecule has 1 radical (unpaired) electrons. The number of carbonyl (C=O) groups is 2. The Bertz CT molecular complexity index is 470. The Labute approximate surface area is 97.2 Å². The third-order valence-corrected chi connectivity index (χ3v) is 1.94. The van der Waals surface area contributed by atoms with E-state index in [0.717, 1.165) is 11.0 Å². The van der Waals surface area contributed by atoms with Crippen LogP contribution in [0, 0.1) is 0 Å². The molecule has 0 atom stereocenters. The van der Waals surface area contributed by atoms with Gasteiger partial charge in [-0.3, -0.25) is 14.5 Å². The second-order valence-electron chi connectivity index (χ2n) is 2.95. The zero-order chi connectivity index (χ0) is 12.8. The number of carboxylic acid groups (broad SMARTS) is 1. The number of carboxylic acids is 1.